The van der Waals surface area contributed by atoms with E-state index in [9.17, 15) is 0 Å². The fourth-order valence-corrected chi connectivity index (χ4v) is 0.250. The zero-order chi connectivity index (χ0) is 6.12. The number of unbranched alkanes of at least 4 members (excludes halogenated alkanes) is 2. The first-order valence-corrected chi connectivity index (χ1v) is 6.37. The van der Waals surface area contributed by atoms with E-state index in [2.05, 4.69) is 13.8 Å². The molecule has 4 heteroatoms. The molecule has 0 aliphatic carbocycles. The van der Waals surface area contributed by atoms with E-state index in [1.54, 1.807) is 0 Å². The molecule has 0 fully saturated rings. The molecule has 0 N–H and O–H groups in total. The van der Waals surface area contributed by atoms with Crippen LogP contribution in [-0.4, -0.2) is 0 Å². The molecule has 0 rings (SSSR count). The molecular formula is C5H11Cl2LiZn. The fraction of sp³-hybridized carbons (Fsp3) is 0.800. The molecule has 0 aliphatic heterocycles. The third-order valence-electron chi connectivity index (χ3n) is 0.604. The van der Waals surface area contributed by atoms with E-state index >= 15 is 0 Å². The first-order valence-electron chi connectivity index (χ1n) is 2.47. The van der Waals surface area contributed by atoms with Gasteiger partial charge in [-0.05, 0) is 0 Å². The van der Waals surface area contributed by atoms with Gasteiger partial charge in [0.25, 0.3) is 0 Å². The number of rotatable bonds is 2. The summed E-state index contributed by atoms with van der Waals surface area (Å²) in [6.45, 7) is 5.85. The second kappa shape index (κ2) is 32.9. The van der Waals surface area contributed by atoms with Crippen LogP contribution < -0.4 is 31.3 Å². The Balaban J connectivity index is -0.0000000286. The molecule has 0 atom stereocenters. The molecule has 48 valence electrons. The molecule has 0 saturated heterocycles. The van der Waals surface area contributed by atoms with Crippen molar-refractivity contribution in [3.63, 3.8) is 0 Å². The average Bonchev–Trinajstić information content (AvgIpc) is 1.75. The first-order chi connectivity index (χ1) is 3.41. The smallest absolute Gasteiger partial charge is 1.00 e. The summed E-state index contributed by atoms with van der Waals surface area (Å²) in [6.07, 6.45) is 3.65. The summed E-state index contributed by atoms with van der Waals surface area (Å²) in [4.78, 5) is 0. The second-order valence-corrected chi connectivity index (χ2v) is 1.21. The van der Waals surface area contributed by atoms with E-state index in [0.29, 0.717) is 0 Å². The normalized spacial score (nSPS) is 5.44. The van der Waals surface area contributed by atoms with E-state index in [0.717, 1.165) is 23.7 Å². The monoisotopic (exact) mass is 212 g/mol. The molecule has 0 nitrogen and oxygen atoms in total. The van der Waals surface area contributed by atoms with Crippen LogP contribution in [0.1, 0.15) is 26.2 Å². The summed E-state index contributed by atoms with van der Waals surface area (Å²) in [5.74, 6) is 0. The minimum atomic E-state index is 0. The van der Waals surface area contributed by atoms with Gasteiger partial charge in [0.1, 0.15) is 0 Å². The minimum absolute atomic E-state index is 0. The summed E-state index contributed by atoms with van der Waals surface area (Å²) in [7, 11) is 4.76. The third kappa shape index (κ3) is 41.3. The topological polar surface area (TPSA) is 0 Å². The van der Waals surface area contributed by atoms with E-state index in [4.69, 9.17) is 9.69 Å². The molecule has 0 heterocycles. The van der Waals surface area contributed by atoms with Crippen LogP contribution in [0.3, 0.4) is 0 Å². The van der Waals surface area contributed by atoms with Crippen LogP contribution in [0, 0.1) is 6.92 Å². The molecule has 0 aromatic heterocycles. The summed E-state index contributed by atoms with van der Waals surface area (Å²) < 4.78 is 0. The Morgan fingerprint density at radius 1 is 1.44 bits per heavy atom. The molecule has 0 bridgehead atoms. The summed E-state index contributed by atoms with van der Waals surface area (Å²) in [6, 6.07) is 0. The van der Waals surface area contributed by atoms with Crippen molar-refractivity contribution in [2.24, 2.45) is 0 Å². The minimum Gasteiger partial charge on any atom is 1.00 e. The van der Waals surface area contributed by atoms with Crippen LogP contribution in [0.4, 0.5) is 0 Å². The van der Waals surface area contributed by atoms with E-state index in [-0.39, 0.29) is 31.3 Å². The fourth-order valence-electron chi connectivity index (χ4n) is 0.250. The van der Waals surface area contributed by atoms with Gasteiger partial charge in [-0.25, -0.2) is 0 Å². The van der Waals surface area contributed by atoms with Crippen LogP contribution in [0.15, 0.2) is 0 Å². The van der Waals surface area contributed by atoms with Crippen LogP contribution in [0.2, 0.25) is 0 Å². The maximum atomic E-state index is 4.76. The van der Waals surface area contributed by atoms with Crippen molar-refractivity contribution in [2.45, 2.75) is 26.2 Å². The standard InChI is InChI=1S/C5H11.2ClH.Li.Zn/c1-3-5-4-2;;;;/h1,3-5H2,2H3;2*1H;;/q-1;;;+1;+2/p-2. The van der Waals surface area contributed by atoms with Gasteiger partial charge in [0.15, 0.2) is 0 Å². The van der Waals surface area contributed by atoms with Gasteiger partial charge in [-0.3, -0.25) is 0 Å². The zero-order valence-corrected chi connectivity index (χ0v) is 10.8. The molecule has 0 radical (unpaired) electrons. The van der Waals surface area contributed by atoms with E-state index in [1.807, 2.05) is 0 Å². The Labute approximate surface area is 90.8 Å². The number of halogens is 2. The van der Waals surface area contributed by atoms with Gasteiger partial charge in [0.2, 0.25) is 0 Å². The zero-order valence-electron chi connectivity index (χ0n) is 6.29. The van der Waals surface area contributed by atoms with E-state index < -0.39 is 0 Å². The molecule has 0 spiro atoms. The average molecular weight is 214 g/mol. The van der Waals surface area contributed by atoms with Crippen molar-refractivity contribution >= 4 is 9.69 Å². The van der Waals surface area contributed by atoms with Gasteiger partial charge in [0, 0.05) is 0 Å². The van der Waals surface area contributed by atoms with Crippen LogP contribution in [0.25, 0.3) is 0 Å². The number of hydrogen-bond acceptors (Lipinski definition) is 0. The maximum absolute atomic E-state index is 4.76. The van der Waals surface area contributed by atoms with Crippen molar-refractivity contribution in [3.05, 3.63) is 6.92 Å². The quantitative estimate of drug-likeness (QED) is 0.334. The molecule has 0 saturated carbocycles. The Morgan fingerprint density at radius 3 is 1.78 bits per heavy atom. The second-order valence-electron chi connectivity index (χ2n) is 1.21. The Hall–Kier alpha value is 1.80. The van der Waals surface area contributed by atoms with Gasteiger partial charge >= 0.3 is 45.9 Å². The number of hydrogen-bond donors (Lipinski definition) is 0. The van der Waals surface area contributed by atoms with E-state index in [1.165, 1.54) is 12.8 Å². The van der Waals surface area contributed by atoms with Gasteiger partial charge in [-0.2, -0.15) is 6.42 Å². The predicted molar refractivity (Wildman–Crippen MR) is 30.7 cm³/mol. The van der Waals surface area contributed by atoms with Crippen molar-refractivity contribution in [3.8, 4) is 0 Å². The van der Waals surface area contributed by atoms with Crippen LogP contribution in [0.5, 0.6) is 0 Å². The van der Waals surface area contributed by atoms with Gasteiger partial charge < -0.3 is 19.3 Å². The Bertz CT molecular complexity index is 22.4. The summed E-state index contributed by atoms with van der Waals surface area (Å²) in [5.41, 5.74) is 0. The van der Waals surface area contributed by atoms with Gasteiger partial charge in [-0.15, -0.1) is 0 Å². The SMILES string of the molecule is [CH2-]CCCC.[Cl-].[Cl][Zn+].[Li+]. The van der Waals surface area contributed by atoms with Gasteiger partial charge in [-0.1, -0.05) is 19.8 Å². The molecular weight excluding hydrogens is 203 g/mol. The Kier molecular flexibility index (Phi) is 82.1. The molecule has 0 amide bonds. The van der Waals surface area contributed by atoms with Crippen molar-refractivity contribution < 1.29 is 48.6 Å². The molecule has 0 aliphatic rings. The molecule has 0 aromatic carbocycles. The van der Waals surface area contributed by atoms with Gasteiger partial charge in [0.05, 0.1) is 0 Å². The third-order valence-corrected chi connectivity index (χ3v) is 0.604. The Morgan fingerprint density at radius 2 is 1.78 bits per heavy atom. The van der Waals surface area contributed by atoms with Crippen molar-refractivity contribution in [1.82, 2.24) is 0 Å². The largest absolute Gasteiger partial charge is 1.00 e. The first kappa shape index (κ1) is 22.4. The van der Waals surface area contributed by atoms with Crippen LogP contribution in [-0.2, 0) is 17.3 Å². The molecule has 0 aromatic rings. The molecule has 9 heavy (non-hydrogen) atoms. The molecule has 0 unspecified atom stereocenters. The van der Waals surface area contributed by atoms with Crippen molar-refractivity contribution in [2.75, 3.05) is 0 Å². The van der Waals surface area contributed by atoms with Crippen molar-refractivity contribution in [1.29, 1.82) is 0 Å². The maximum Gasteiger partial charge on any atom is 1.00 e. The van der Waals surface area contributed by atoms with Crippen LogP contribution >= 0.6 is 9.69 Å². The predicted octanol–water partition coefficient (Wildman–Crippen LogP) is -3.29. The summed E-state index contributed by atoms with van der Waals surface area (Å²) in [5, 5.41) is 0. The summed E-state index contributed by atoms with van der Waals surface area (Å²) >= 11 is 0.847.